The van der Waals surface area contributed by atoms with Gasteiger partial charge in [-0.3, -0.25) is 0 Å². The van der Waals surface area contributed by atoms with E-state index in [1.165, 1.54) is 48.4 Å². The molecule has 156 valence electrons. The molecule has 1 aromatic heterocycles. The van der Waals surface area contributed by atoms with Gasteiger partial charge < -0.3 is 4.90 Å². The van der Waals surface area contributed by atoms with Crippen molar-refractivity contribution in [1.29, 1.82) is 0 Å². The van der Waals surface area contributed by atoms with E-state index in [0.29, 0.717) is 0 Å². The van der Waals surface area contributed by atoms with E-state index in [1.54, 1.807) is 0 Å². The smallest absolute Gasteiger partial charge is 0.262 e. The summed E-state index contributed by atoms with van der Waals surface area (Å²) in [4.78, 5) is 3.79. The summed E-state index contributed by atoms with van der Waals surface area (Å²) in [6.07, 6.45) is 15.1. The number of anilines is 1. The number of hydrogen-bond donors (Lipinski definition) is 0. The lowest BCUT2D eigenvalue weighted by molar-refractivity contribution is -0.642. The normalized spacial score (nSPS) is 19.0. The number of para-hydroxylation sites is 2. The summed E-state index contributed by atoms with van der Waals surface area (Å²) in [5.74, 6) is 0. The van der Waals surface area contributed by atoms with Crippen LogP contribution in [0.5, 0.6) is 0 Å². The molecule has 1 aliphatic heterocycles. The number of allylic oxidation sites excluding steroid dienone is 6. The Morgan fingerprint density at radius 2 is 1.90 bits per heavy atom. The second kappa shape index (κ2) is 8.89. The number of thioether (sulfide) groups is 1. The van der Waals surface area contributed by atoms with Crippen LogP contribution in [0.15, 0.2) is 93.9 Å². The lowest BCUT2D eigenvalue weighted by atomic mass is 9.95. The number of aryl methyl sites for hydroxylation is 1. The minimum absolute atomic E-state index is 1.00. The van der Waals surface area contributed by atoms with Crippen molar-refractivity contribution in [2.24, 2.45) is 7.05 Å². The van der Waals surface area contributed by atoms with Crippen LogP contribution in [0, 0.1) is 0 Å². The summed E-state index contributed by atoms with van der Waals surface area (Å²) in [7, 11) is 2.15. The van der Waals surface area contributed by atoms with Crippen LogP contribution in [-0.2, 0) is 7.05 Å². The molecule has 2 aliphatic rings. The molecule has 0 unspecified atom stereocenters. The fourth-order valence-electron chi connectivity index (χ4n) is 4.29. The zero-order valence-corrected chi connectivity index (χ0v) is 19.7. The number of aromatic nitrogens is 1. The highest BCUT2D eigenvalue weighted by molar-refractivity contribution is 8.03. The van der Waals surface area contributed by atoms with Crippen molar-refractivity contribution in [3.8, 4) is 0 Å². The summed E-state index contributed by atoms with van der Waals surface area (Å²) < 4.78 is 3.61. The van der Waals surface area contributed by atoms with Crippen LogP contribution in [0.1, 0.15) is 31.2 Å². The largest absolute Gasteiger partial charge is 0.335 e. The molecule has 31 heavy (non-hydrogen) atoms. The van der Waals surface area contributed by atoms with Crippen LogP contribution in [-0.4, -0.2) is 6.54 Å². The van der Waals surface area contributed by atoms with Gasteiger partial charge in [0.2, 0.25) is 5.52 Å². The average molecular weight is 444 g/mol. The van der Waals surface area contributed by atoms with Gasteiger partial charge in [0.25, 0.3) is 5.01 Å². The molecule has 0 fully saturated rings. The van der Waals surface area contributed by atoms with Gasteiger partial charge in [0.1, 0.15) is 11.7 Å². The van der Waals surface area contributed by atoms with Gasteiger partial charge in [-0.2, -0.15) is 4.57 Å². The molecule has 0 radical (unpaired) electrons. The molecule has 0 N–H and O–H groups in total. The summed E-state index contributed by atoms with van der Waals surface area (Å²) in [5.41, 5.74) is 5.49. The number of thiazole rings is 1. The Morgan fingerprint density at radius 3 is 2.77 bits per heavy atom. The van der Waals surface area contributed by atoms with Crippen LogP contribution in [0.4, 0.5) is 5.69 Å². The van der Waals surface area contributed by atoms with Gasteiger partial charge in [-0.1, -0.05) is 65.6 Å². The quantitative estimate of drug-likeness (QED) is 0.392. The molecule has 2 heterocycles. The van der Waals surface area contributed by atoms with Crippen molar-refractivity contribution in [3.05, 3.63) is 94.0 Å². The number of hydrogen-bond acceptors (Lipinski definition) is 3. The molecule has 0 saturated heterocycles. The summed E-state index contributed by atoms with van der Waals surface area (Å²) >= 11 is 3.74. The van der Waals surface area contributed by atoms with Gasteiger partial charge in [0, 0.05) is 23.6 Å². The Hall–Kier alpha value is -2.56. The highest BCUT2D eigenvalue weighted by Crippen LogP contribution is 2.46. The number of nitrogens with zero attached hydrogens (tertiary/aromatic N) is 2. The van der Waals surface area contributed by atoms with E-state index in [9.17, 15) is 0 Å². The molecule has 5 rings (SSSR count). The van der Waals surface area contributed by atoms with Crippen LogP contribution >= 0.6 is 23.1 Å². The molecule has 2 nitrogen and oxygen atoms in total. The molecule has 3 aromatic rings. The number of fused-ring (bicyclic) bond motifs is 2. The molecule has 2 aromatic carbocycles. The molecule has 0 saturated carbocycles. The fraction of sp³-hybridized carbons (Fsp3) is 0.222. The fourth-order valence-corrected chi connectivity index (χ4v) is 6.56. The Labute approximate surface area is 192 Å². The van der Waals surface area contributed by atoms with Crippen molar-refractivity contribution in [3.63, 3.8) is 0 Å². The number of benzene rings is 2. The van der Waals surface area contributed by atoms with Gasteiger partial charge >= 0.3 is 0 Å². The van der Waals surface area contributed by atoms with Crippen LogP contribution in [0.25, 0.3) is 16.3 Å². The Bertz CT molecular complexity index is 1240. The van der Waals surface area contributed by atoms with E-state index in [-0.39, 0.29) is 0 Å². The molecule has 4 heteroatoms. The van der Waals surface area contributed by atoms with Gasteiger partial charge in [-0.15, -0.1) is 0 Å². The topological polar surface area (TPSA) is 7.12 Å². The van der Waals surface area contributed by atoms with Crippen LogP contribution in [0.2, 0.25) is 0 Å². The first-order valence-corrected chi connectivity index (χ1v) is 12.6. The van der Waals surface area contributed by atoms with Crippen molar-refractivity contribution < 1.29 is 4.57 Å². The number of rotatable bonds is 4. The first-order chi connectivity index (χ1) is 15.2. The molecule has 0 bridgehead atoms. The molecule has 0 amide bonds. The second-order valence-corrected chi connectivity index (χ2v) is 10.1. The predicted molar refractivity (Wildman–Crippen MR) is 135 cm³/mol. The van der Waals surface area contributed by atoms with Crippen molar-refractivity contribution in [2.45, 2.75) is 31.1 Å². The summed E-state index contributed by atoms with van der Waals surface area (Å²) in [5, 5.41) is 2.63. The maximum atomic E-state index is 2.43. The monoisotopic (exact) mass is 443 g/mol. The first-order valence-electron chi connectivity index (χ1n) is 10.9. The second-order valence-electron chi connectivity index (χ2n) is 7.94. The summed E-state index contributed by atoms with van der Waals surface area (Å²) in [6.45, 7) is 3.23. The van der Waals surface area contributed by atoms with Crippen molar-refractivity contribution in [2.75, 3.05) is 11.4 Å². The minimum Gasteiger partial charge on any atom is -0.335 e. The van der Waals surface area contributed by atoms with E-state index in [2.05, 4.69) is 102 Å². The maximum Gasteiger partial charge on any atom is 0.262 e. The summed E-state index contributed by atoms with van der Waals surface area (Å²) in [6, 6.07) is 17.3. The standard InChI is InChI=1S/C27H27N2S2/c1-3-29-23-14-5-7-16-25(23)31-27(29)19-21-12-8-10-20(18-21)11-9-17-26-28(2)22-13-4-6-15-24(22)30-26/h4-7,9,11,13-19H,3,8,10,12H2,1-2H3/q+1. The van der Waals surface area contributed by atoms with Gasteiger partial charge in [0.15, 0.2) is 0 Å². The highest BCUT2D eigenvalue weighted by Gasteiger charge is 2.23. The molecular formula is C27H27N2S2+. The minimum atomic E-state index is 1.00. The lowest BCUT2D eigenvalue weighted by Crippen LogP contribution is -2.28. The van der Waals surface area contributed by atoms with Crippen molar-refractivity contribution in [1.82, 2.24) is 0 Å². The third-order valence-corrected chi connectivity index (χ3v) is 8.18. The third kappa shape index (κ3) is 4.15. The Morgan fingerprint density at radius 1 is 1.06 bits per heavy atom. The molecular weight excluding hydrogens is 416 g/mol. The third-order valence-electron chi connectivity index (χ3n) is 5.88. The van der Waals surface area contributed by atoms with Crippen molar-refractivity contribution >= 4 is 45.1 Å². The Kier molecular flexibility index (Phi) is 5.84. The molecule has 0 spiro atoms. The van der Waals surface area contributed by atoms with E-state index >= 15 is 0 Å². The average Bonchev–Trinajstić information content (AvgIpc) is 3.31. The zero-order chi connectivity index (χ0) is 21.2. The van der Waals surface area contributed by atoms with E-state index in [0.717, 1.165) is 19.4 Å². The highest BCUT2D eigenvalue weighted by atomic mass is 32.2. The first kappa shape index (κ1) is 20.3. The van der Waals surface area contributed by atoms with Gasteiger partial charge in [-0.05, 0) is 61.6 Å². The van der Waals surface area contributed by atoms with E-state index in [4.69, 9.17) is 0 Å². The van der Waals surface area contributed by atoms with Gasteiger partial charge in [-0.25, -0.2) is 0 Å². The maximum absolute atomic E-state index is 2.43. The molecule has 0 atom stereocenters. The lowest BCUT2D eigenvalue weighted by Gasteiger charge is -2.19. The van der Waals surface area contributed by atoms with Gasteiger partial charge in [0.05, 0.1) is 10.7 Å². The van der Waals surface area contributed by atoms with Crippen LogP contribution in [0.3, 0.4) is 0 Å². The van der Waals surface area contributed by atoms with Crippen LogP contribution < -0.4 is 9.47 Å². The van der Waals surface area contributed by atoms with E-state index in [1.807, 2.05) is 23.1 Å². The Balaban J connectivity index is 1.36. The zero-order valence-electron chi connectivity index (χ0n) is 18.0. The van der Waals surface area contributed by atoms with E-state index < -0.39 is 0 Å². The molecule has 1 aliphatic carbocycles. The predicted octanol–water partition coefficient (Wildman–Crippen LogP) is 7.25. The SMILES string of the molecule is CCN1C(=CC2=C/C(=C\C=C\c3sc4ccccc4[n+]3C)CCC2)Sc2ccccc21.